The van der Waals surface area contributed by atoms with Gasteiger partial charge in [0.25, 0.3) is 0 Å². The molecule has 0 fully saturated rings. The molecule has 0 atom stereocenters. The highest BCUT2D eigenvalue weighted by molar-refractivity contribution is 6.28. The van der Waals surface area contributed by atoms with Crippen LogP contribution in [-0.2, 0) is 0 Å². The summed E-state index contributed by atoms with van der Waals surface area (Å²) in [5.41, 5.74) is 10.1. The van der Waals surface area contributed by atoms with Gasteiger partial charge in [-0.15, -0.1) is 0 Å². The molecule has 0 aliphatic rings. The standard InChI is InChI=1S/C52H32N2O2/c1-3-11-35(12-4-1)53(37-23-29-49-43(31-37)39-15-7-9-17-47(39)55-49)45-27-21-33-19-20-34-22-28-46(42-26-25-41(45)51(33)52(34)42)54(36-13-5-2-6-14-36)38-24-30-50-44(32-38)40-16-8-10-18-48(40)56-50/h1-32H. The third-order valence-corrected chi connectivity index (χ3v) is 11.4. The molecule has 56 heavy (non-hydrogen) atoms. The molecular formula is C52H32N2O2. The maximum Gasteiger partial charge on any atom is 0.135 e. The van der Waals surface area contributed by atoms with E-state index in [0.29, 0.717) is 0 Å². The van der Waals surface area contributed by atoms with Crippen LogP contribution in [0.15, 0.2) is 203 Å². The smallest absolute Gasteiger partial charge is 0.135 e. The molecule has 0 aliphatic heterocycles. The van der Waals surface area contributed by atoms with E-state index in [9.17, 15) is 0 Å². The number of hydrogen-bond acceptors (Lipinski definition) is 4. The Morgan fingerprint density at radius 2 is 0.661 bits per heavy atom. The van der Waals surface area contributed by atoms with Gasteiger partial charge in [0.1, 0.15) is 22.3 Å². The summed E-state index contributed by atoms with van der Waals surface area (Å²) in [6.45, 7) is 0. The van der Waals surface area contributed by atoms with Crippen LogP contribution in [0.4, 0.5) is 34.1 Å². The second kappa shape index (κ2) is 12.0. The lowest BCUT2D eigenvalue weighted by molar-refractivity contribution is 0.668. The Kier molecular flexibility index (Phi) is 6.60. The Balaban J connectivity index is 1.10. The fourth-order valence-electron chi connectivity index (χ4n) is 8.88. The highest BCUT2D eigenvalue weighted by atomic mass is 16.3. The number of rotatable bonds is 6. The first-order valence-electron chi connectivity index (χ1n) is 19.0. The molecule has 0 radical (unpaired) electrons. The van der Waals surface area contributed by atoms with Crippen LogP contribution >= 0.6 is 0 Å². The maximum absolute atomic E-state index is 6.25. The highest BCUT2D eigenvalue weighted by Gasteiger charge is 2.23. The molecule has 0 N–H and O–H groups in total. The SMILES string of the molecule is c1ccc(N(c2ccc3oc4ccccc4c3c2)c2ccc3ccc4ccc(N(c5ccccc5)c5ccc6oc7ccccc7c6c5)c5ccc2c3c45)cc1. The van der Waals surface area contributed by atoms with E-state index in [1.54, 1.807) is 0 Å². The molecule has 4 heteroatoms. The zero-order chi connectivity index (χ0) is 36.7. The molecule has 0 bridgehead atoms. The van der Waals surface area contributed by atoms with Gasteiger partial charge in [-0.3, -0.25) is 0 Å². The van der Waals surface area contributed by atoms with Crippen LogP contribution in [0.25, 0.3) is 76.2 Å². The van der Waals surface area contributed by atoms with Crippen molar-refractivity contribution in [2.24, 2.45) is 0 Å². The van der Waals surface area contributed by atoms with Crippen molar-refractivity contribution in [3.63, 3.8) is 0 Å². The van der Waals surface area contributed by atoms with Crippen molar-refractivity contribution in [2.75, 3.05) is 9.80 Å². The van der Waals surface area contributed by atoms with E-state index in [-0.39, 0.29) is 0 Å². The summed E-state index contributed by atoms with van der Waals surface area (Å²) in [5.74, 6) is 0. The van der Waals surface area contributed by atoms with Gasteiger partial charge in [-0.1, -0.05) is 109 Å². The largest absolute Gasteiger partial charge is 0.456 e. The maximum atomic E-state index is 6.25. The van der Waals surface area contributed by atoms with E-state index in [0.717, 1.165) is 78.0 Å². The first-order chi connectivity index (χ1) is 27.8. The number of nitrogens with zero attached hydrogens (tertiary/aromatic N) is 2. The van der Waals surface area contributed by atoms with Crippen molar-refractivity contribution in [1.29, 1.82) is 0 Å². The first-order valence-corrected chi connectivity index (χ1v) is 19.0. The molecule has 0 saturated carbocycles. The van der Waals surface area contributed by atoms with Crippen LogP contribution in [0.1, 0.15) is 0 Å². The first kappa shape index (κ1) is 30.9. The van der Waals surface area contributed by atoms with Crippen molar-refractivity contribution < 1.29 is 8.83 Å². The fraction of sp³-hybridized carbons (Fsp3) is 0. The van der Waals surface area contributed by atoms with Crippen molar-refractivity contribution in [1.82, 2.24) is 0 Å². The minimum absolute atomic E-state index is 0.883. The van der Waals surface area contributed by atoms with Gasteiger partial charge in [0.05, 0.1) is 11.4 Å². The highest BCUT2D eigenvalue weighted by Crippen LogP contribution is 2.48. The quantitative estimate of drug-likeness (QED) is 0.160. The summed E-state index contributed by atoms with van der Waals surface area (Å²) in [7, 11) is 0. The molecule has 2 heterocycles. The normalized spacial score (nSPS) is 11.9. The number of benzene rings is 10. The summed E-state index contributed by atoms with van der Waals surface area (Å²) in [6.07, 6.45) is 0. The van der Waals surface area contributed by atoms with Crippen LogP contribution in [0, 0.1) is 0 Å². The molecule has 262 valence electrons. The van der Waals surface area contributed by atoms with Crippen LogP contribution in [0.5, 0.6) is 0 Å². The van der Waals surface area contributed by atoms with E-state index in [1.165, 1.54) is 32.3 Å². The molecule has 12 rings (SSSR count). The molecule has 0 saturated heterocycles. The minimum atomic E-state index is 0.883. The Morgan fingerprint density at radius 1 is 0.268 bits per heavy atom. The molecule has 0 unspecified atom stereocenters. The number of anilines is 6. The second-order valence-corrected chi connectivity index (χ2v) is 14.5. The van der Waals surface area contributed by atoms with Crippen molar-refractivity contribution in [3.05, 3.63) is 194 Å². The number of hydrogen-bond donors (Lipinski definition) is 0. The summed E-state index contributed by atoms with van der Waals surface area (Å²) in [4.78, 5) is 4.77. The van der Waals surface area contributed by atoms with Crippen LogP contribution in [0.3, 0.4) is 0 Å². The Bertz CT molecular complexity index is 3210. The molecule has 12 aromatic rings. The van der Waals surface area contributed by atoms with Gasteiger partial charge in [0.2, 0.25) is 0 Å². The van der Waals surface area contributed by atoms with E-state index < -0.39 is 0 Å². The summed E-state index contributed by atoms with van der Waals surface area (Å²) in [6, 6.07) is 69.2. The Hall–Kier alpha value is -7.56. The van der Waals surface area contributed by atoms with E-state index in [4.69, 9.17) is 8.83 Å². The topological polar surface area (TPSA) is 32.8 Å². The van der Waals surface area contributed by atoms with Gasteiger partial charge >= 0.3 is 0 Å². The van der Waals surface area contributed by atoms with E-state index >= 15 is 0 Å². The second-order valence-electron chi connectivity index (χ2n) is 14.5. The van der Waals surface area contributed by atoms with Gasteiger partial charge in [0, 0.05) is 55.1 Å². The Labute approximate surface area is 322 Å². The molecule has 0 spiro atoms. The number of furan rings is 2. The van der Waals surface area contributed by atoms with Crippen LogP contribution in [0.2, 0.25) is 0 Å². The van der Waals surface area contributed by atoms with Gasteiger partial charge in [-0.25, -0.2) is 0 Å². The fourth-order valence-corrected chi connectivity index (χ4v) is 8.88. The van der Waals surface area contributed by atoms with Gasteiger partial charge in [0.15, 0.2) is 0 Å². The molecule has 4 nitrogen and oxygen atoms in total. The Morgan fingerprint density at radius 3 is 1.12 bits per heavy atom. The van der Waals surface area contributed by atoms with Crippen LogP contribution in [-0.4, -0.2) is 0 Å². The summed E-state index contributed by atoms with van der Waals surface area (Å²) < 4.78 is 12.5. The van der Waals surface area contributed by atoms with E-state index in [1.807, 2.05) is 24.3 Å². The lowest BCUT2D eigenvalue weighted by Gasteiger charge is -2.29. The lowest BCUT2D eigenvalue weighted by Crippen LogP contribution is -2.11. The van der Waals surface area contributed by atoms with Crippen molar-refractivity contribution in [2.45, 2.75) is 0 Å². The monoisotopic (exact) mass is 716 g/mol. The van der Waals surface area contributed by atoms with Gasteiger partial charge in [-0.2, -0.15) is 0 Å². The predicted octanol–water partition coefficient (Wildman–Crippen LogP) is 15.3. The number of fused-ring (bicyclic) bond motifs is 6. The van der Waals surface area contributed by atoms with Crippen molar-refractivity contribution in [3.8, 4) is 0 Å². The molecule has 2 aromatic heterocycles. The van der Waals surface area contributed by atoms with Crippen molar-refractivity contribution >= 4 is 110 Å². The average molecular weight is 717 g/mol. The zero-order valence-electron chi connectivity index (χ0n) is 30.2. The molecular weight excluding hydrogens is 685 g/mol. The molecule has 10 aromatic carbocycles. The zero-order valence-corrected chi connectivity index (χ0v) is 30.2. The lowest BCUT2D eigenvalue weighted by atomic mass is 9.91. The van der Waals surface area contributed by atoms with Gasteiger partial charge < -0.3 is 18.6 Å². The van der Waals surface area contributed by atoms with Gasteiger partial charge in [-0.05, 0) is 106 Å². The summed E-state index contributed by atoms with van der Waals surface area (Å²) in [5, 5.41) is 11.7. The number of para-hydroxylation sites is 4. The van der Waals surface area contributed by atoms with Crippen LogP contribution < -0.4 is 9.80 Å². The molecule has 0 amide bonds. The third kappa shape index (κ3) is 4.60. The molecule has 0 aliphatic carbocycles. The van der Waals surface area contributed by atoms with E-state index in [2.05, 4.69) is 180 Å². The summed E-state index contributed by atoms with van der Waals surface area (Å²) >= 11 is 0. The third-order valence-electron chi connectivity index (χ3n) is 11.4. The minimum Gasteiger partial charge on any atom is -0.456 e. The predicted molar refractivity (Wildman–Crippen MR) is 234 cm³/mol. The average Bonchev–Trinajstić information content (AvgIpc) is 3.82.